The molecule has 0 bridgehead atoms. The predicted octanol–water partition coefficient (Wildman–Crippen LogP) is 2.43. The quantitative estimate of drug-likeness (QED) is 0.456. The number of benzene rings is 1. The van der Waals surface area contributed by atoms with Crippen LogP contribution in [0.4, 0.5) is 5.69 Å². The average molecular weight is 244 g/mol. The molecule has 2 rings (SSSR count). The summed E-state index contributed by atoms with van der Waals surface area (Å²) in [5.74, 6) is 0. The average Bonchev–Trinajstić information content (AvgIpc) is 2.85. The Kier molecular flexibility index (Phi) is 2.05. The van der Waals surface area contributed by atoms with Gasteiger partial charge in [-0.05, 0) is 11.6 Å². The van der Waals surface area contributed by atoms with E-state index in [2.05, 4.69) is 15.9 Å². The first-order valence-electron chi connectivity index (χ1n) is 3.73. The lowest BCUT2D eigenvalue weighted by Crippen LogP contribution is -1.90. The molecule has 68 valence electrons. The van der Waals surface area contributed by atoms with Crippen molar-refractivity contribution >= 4 is 21.6 Å². The number of nitrogens with zero attached hydrogens (tertiary/aromatic N) is 1. The summed E-state index contributed by atoms with van der Waals surface area (Å²) < 4.78 is 5.76. The molecule has 1 aliphatic heterocycles. The molecule has 0 saturated carbocycles. The summed E-state index contributed by atoms with van der Waals surface area (Å²) in [6.45, 7) is 0.660. The summed E-state index contributed by atoms with van der Waals surface area (Å²) in [6.07, 6.45) is 0.0520. The highest BCUT2D eigenvalue weighted by molar-refractivity contribution is 9.10. The molecule has 0 N–H and O–H groups in total. The number of nitro benzene ring substituents is 1. The molecule has 5 heteroatoms. The topological polar surface area (TPSA) is 55.7 Å². The van der Waals surface area contributed by atoms with E-state index in [1.54, 1.807) is 6.07 Å². The summed E-state index contributed by atoms with van der Waals surface area (Å²) in [5.41, 5.74) is 0.959. The summed E-state index contributed by atoms with van der Waals surface area (Å²) in [6, 6.07) is 4.86. The van der Waals surface area contributed by atoms with Crippen molar-refractivity contribution in [2.75, 3.05) is 6.61 Å². The number of epoxide rings is 1. The van der Waals surface area contributed by atoms with Gasteiger partial charge in [0.1, 0.15) is 6.10 Å². The second kappa shape index (κ2) is 3.08. The first-order chi connectivity index (χ1) is 6.16. The van der Waals surface area contributed by atoms with Crippen molar-refractivity contribution in [2.24, 2.45) is 0 Å². The third kappa shape index (κ3) is 1.87. The van der Waals surface area contributed by atoms with Crippen LogP contribution in [-0.2, 0) is 4.74 Å². The van der Waals surface area contributed by atoms with Gasteiger partial charge < -0.3 is 4.74 Å². The van der Waals surface area contributed by atoms with Gasteiger partial charge in [0.2, 0.25) is 0 Å². The van der Waals surface area contributed by atoms with Crippen LogP contribution in [0.25, 0.3) is 0 Å². The molecule has 1 fully saturated rings. The fourth-order valence-corrected chi connectivity index (χ4v) is 1.63. The fourth-order valence-electron chi connectivity index (χ4n) is 1.13. The lowest BCUT2D eigenvalue weighted by atomic mass is 10.1. The van der Waals surface area contributed by atoms with Crippen molar-refractivity contribution in [2.45, 2.75) is 6.10 Å². The summed E-state index contributed by atoms with van der Waals surface area (Å²) in [7, 11) is 0. The molecule has 1 unspecified atom stereocenters. The van der Waals surface area contributed by atoms with Gasteiger partial charge in [-0.2, -0.15) is 0 Å². The first-order valence-corrected chi connectivity index (χ1v) is 4.52. The van der Waals surface area contributed by atoms with Crippen molar-refractivity contribution < 1.29 is 9.66 Å². The number of non-ortho nitro benzene ring substituents is 1. The van der Waals surface area contributed by atoms with E-state index in [-0.39, 0.29) is 11.8 Å². The van der Waals surface area contributed by atoms with Crippen molar-refractivity contribution in [3.05, 3.63) is 38.3 Å². The maximum Gasteiger partial charge on any atom is 0.270 e. The molecule has 4 nitrogen and oxygen atoms in total. The smallest absolute Gasteiger partial charge is 0.270 e. The summed E-state index contributed by atoms with van der Waals surface area (Å²) in [4.78, 5) is 10.1. The first kappa shape index (κ1) is 8.65. The second-order valence-corrected chi connectivity index (χ2v) is 3.74. The maximum absolute atomic E-state index is 10.5. The van der Waals surface area contributed by atoms with Crippen molar-refractivity contribution in [3.8, 4) is 0 Å². The summed E-state index contributed by atoms with van der Waals surface area (Å²) >= 11 is 3.22. The Morgan fingerprint density at radius 2 is 2.23 bits per heavy atom. The third-order valence-corrected chi connectivity index (χ3v) is 2.28. The van der Waals surface area contributed by atoms with Crippen LogP contribution in [0.5, 0.6) is 0 Å². The SMILES string of the molecule is O=[N+]([O-])c1cc(Br)cc(C2CO2)c1. The van der Waals surface area contributed by atoms with E-state index >= 15 is 0 Å². The second-order valence-electron chi connectivity index (χ2n) is 2.82. The highest BCUT2D eigenvalue weighted by Gasteiger charge is 2.26. The standard InChI is InChI=1S/C8H6BrNO3/c9-6-1-5(8-4-13-8)2-7(3-6)10(11)12/h1-3,8H,4H2. The van der Waals surface area contributed by atoms with Crippen LogP contribution in [0.15, 0.2) is 22.7 Å². The van der Waals surface area contributed by atoms with Crippen molar-refractivity contribution in [3.63, 3.8) is 0 Å². The van der Waals surface area contributed by atoms with Gasteiger partial charge in [0.15, 0.2) is 0 Å². The molecule has 1 atom stereocenters. The van der Waals surface area contributed by atoms with Gasteiger partial charge >= 0.3 is 0 Å². The molecule has 1 saturated heterocycles. The van der Waals surface area contributed by atoms with E-state index in [1.807, 2.05) is 6.07 Å². The van der Waals surface area contributed by atoms with Crippen LogP contribution in [0, 0.1) is 10.1 Å². The van der Waals surface area contributed by atoms with Gasteiger partial charge in [-0.3, -0.25) is 10.1 Å². The Morgan fingerprint density at radius 1 is 1.54 bits per heavy atom. The van der Waals surface area contributed by atoms with E-state index in [0.717, 1.165) is 5.56 Å². The number of nitro groups is 1. The zero-order valence-electron chi connectivity index (χ0n) is 6.57. The molecule has 0 radical (unpaired) electrons. The van der Waals surface area contributed by atoms with Gasteiger partial charge in [0.25, 0.3) is 5.69 Å². The predicted molar refractivity (Wildman–Crippen MR) is 49.5 cm³/mol. The summed E-state index contributed by atoms with van der Waals surface area (Å²) in [5, 5.41) is 10.5. The zero-order chi connectivity index (χ0) is 9.42. The molecule has 0 amide bonds. The van der Waals surface area contributed by atoms with Crippen LogP contribution < -0.4 is 0 Å². The van der Waals surface area contributed by atoms with Gasteiger partial charge in [-0.1, -0.05) is 15.9 Å². The van der Waals surface area contributed by atoms with Crippen molar-refractivity contribution in [1.82, 2.24) is 0 Å². The van der Waals surface area contributed by atoms with E-state index in [4.69, 9.17) is 4.74 Å². The number of ether oxygens (including phenoxy) is 1. The normalized spacial score (nSPS) is 19.9. The monoisotopic (exact) mass is 243 g/mol. The van der Waals surface area contributed by atoms with Crippen LogP contribution in [-0.4, -0.2) is 11.5 Å². The van der Waals surface area contributed by atoms with E-state index in [1.165, 1.54) is 6.07 Å². The number of hydrogen-bond donors (Lipinski definition) is 0. The van der Waals surface area contributed by atoms with Crippen LogP contribution >= 0.6 is 15.9 Å². The number of rotatable bonds is 2. The van der Waals surface area contributed by atoms with E-state index in [0.29, 0.717) is 11.1 Å². The van der Waals surface area contributed by atoms with E-state index < -0.39 is 4.92 Å². The molecule has 13 heavy (non-hydrogen) atoms. The number of hydrogen-bond acceptors (Lipinski definition) is 3. The third-order valence-electron chi connectivity index (χ3n) is 1.82. The van der Waals surface area contributed by atoms with Gasteiger partial charge in [-0.25, -0.2) is 0 Å². The molecule has 1 aliphatic rings. The molecule has 1 heterocycles. The maximum atomic E-state index is 10.5. The Balaban J connectivity index is 2.41. The molecule has 1 aromatic carbocycles. The molecule has 0 aliphatic carbocycles. The minimum atomic E-state index is -0.406. The highest BCUT2D eigenvalue weighted by atomic mass is 79.9. The molecule has 1 aromatic rings. The van der Waals surface area contributed by atoms with Crippen LogP contribution in [0.2, 0.25) is 0 Å². The lowest BCUT2D eigenvalue weighted by Gasteiger charge is -1.97. The van der Waals surface area contributed by atoms with Crippen LogP contribution in [0.1, 0.15) is 11.7 Å². The highest BCUT2D eigenvalue weighted by Crippen LogP contribution is 2.33. The number of halogens is 1. The van der Waals surface area contributed by atoms with Gasteiger partial charge in [0, 0.05) is 16.6 Å². The molecule has 0 aromatic heterocycles. The lowest BCUT2D eigenvalue weighted by molar-refractivity contribution is -0.385. The van der Waals surface area contributed by atoms with Gasteiger partial charge in [0.05, 0.1) is 11.5 Å². The Hall–Kier alpha value is -0.940. The Morgan fingerprint density at radius 3 is 2.77 bits per heavy atom. The van der Waals surface area contributed by atoms with E-state index in [9.17, 15) is 10.1 Å². The molecular formula is C8H6BrNO3. The Bertz CT molecular complexity index is 362. The molecular weight excluding hydrogens is 238 g/mol. The van der Waals surface area contributed by atoms with Crippen molar-refractivity contribution in [1.29, 1.82) is 0 Å². The zero-order valence-corrected chi connectivity index (χ0v) is 8.15. The molecule has 0 spiro atoms. The fraction of sp³-hybridized carbons (Fsp3) is 0.250. The van der Waals surface area contributed by atoms with Gasteiger partial charge in [-0.15, -0.1) is 0 Å². The Labute approximate surface area is 82.8 Å². The minimum absolute atomic E-state index is 0.0520. The minimum Gasteiger partial charge on any atom is -0.368 e. The largest absolute Gasteiger partial charge is 0.368 e. The van der Waals surface area contributed by atoms with Crippen LogP contribution in [0.3, 0.4) is 0 Å².